The second kappa shape index (κ2) is 8.52. The van der Waals surface area contributed by atoms with Crippen molar-refractivity contribution in [3.8, 4) is 11.5 Å². The van der Waals surface area contributed by atoms with E-state index in [9.17, 15) is 14.9 Å². The third kappa shape index (κ3) is 4.42. The zero-order valence-electron chi connectivity index (χ0n) is 14.6. The van der Waals surface area contributed by atoms with Gasteiger partial charge in [0.2, 0.25) is 5.91 Å². The Bertz CT molecular complexity index is 821. The molecule has 1 N–H and O–H groups in total. The van der Waals surface area contributed by atoms with Gasteiger partial charge >= 0.3 is 5.82 Å². The molecule has 0 aliphatic carbocycles. The summed E-state index contributed by atoms with van der Waals surface area (Å²) in [4.78, 5) is 22.2. The largest absolute Gasteiger partial charge is 0.493 e. The highest BCUT2D eigenvalue weighted by Gasteiger charge is 2.24. The molecule has 0 fully saturated rings. The molecule has 1 heterocycles. The number of hydrogen-bond acceptors (Lipinski definition) is 6. The van der Waals surface area contributed by atoms with Crippen molar-refractivity contribution in [1.82, 2.24) is 15.1 Å². The van der Waals surface area contributed by atoms with Crippen LogP contribution in [0.25, 0.3) is 0 Å². The molecule has 26 heavy (non-hydrogen) atoms. The fourth-order valence-electron chi connectivity index (χ4n) is 2.35. The first kappa shape index (κ1) is 19.5. The SMILES string of the molecule is COc1ccc(CCNC(=O)Cn2nc([N+](=O)[O-])c(Cl)c2C)cc1OC. The fraction of sp³-hybridized carbons (Fsp3) is 0.375. The van der Waals surface area contributed by atoms with Crippen molar-refractivity contribution in [1.29, 1.82) is 0 Å². The summed E-state index contributed by atoms with van der Waals surface area (Å²) in [5.41, 5.74) is 1.34. The number of aromatic nitrogens is 2. The van der Waals surface area contributed by atoms with Crippen molar-refractivity contribution < 1.29 is 19.2 Å². The number of rotatable bonds is 8. The quantitative estimate of drug-likeness (QED) is 0.553. The van der Waals surface area contributed by atoms with Gasteiger partial charge in [0.05, 0.1) is 25.0 Å². The van der Waals surface area contributed by atoms with Crippen LogP contribution in [0.4, 0.5) is 5.82 Å². The summed E-state index contributed by atoms with van der Waals surface area (Å²) in [5.74, 6) is 0.475. The van der Waals surface area contributed by atoms with Crippen molar-refractivity contribution in [3.05, 3.63) is 44.6 Å². The van der Waals surface area contributed by atoms with E-state index in [2.05, 4.69) is 10.4 Å². The van der Waals surface area contributed by atoms with Crippen molar-refractivity contribution in [2.45, 2.75) is 19.9 Å². The predicted octanol–water partition coefficient (Wildman–Crippen LogP) is 2.13. The number of benzene rings is 1. The van der Waals surface area contributed by atoms with Crippen molar-refractivity contribution in [2.75, 3.05) is 20.8 Å². The van der Waals surface area contributed by atoms with Crippen LogP contribution >= 0.6 is 11.6 Å². The number of nitrogens with zero attached hydrogens (tertiary/aromatic N) is 3. The highest BCUT2D eigenvalue weighted by molar-refractivity contribution is 6.33. The number of methoxy groups -OCH3 is 2. The summed E-state index contributed by atoms with van der Waals surface area (Å²) in [5, 5.41) is 17.3. The molecular weight excluding hydrogens is 364 g/mol. The number of nitro groups is 1. The zero-order valence-corrected chi connectivity index (χ0v) is 15.4. The minimum absolute atomic E-state index is 0.0619. The molecule has 1 amide bonds. The van der Waals surface area contributed by atoms with Crippen molar-refractivity contribution in [2.24, 2.45) is 0 Å². The molecule has 1 aromatic carbocycles. The van der Waals surface area contributed by atoms with E-state index in [4.69, 9.17) is 21.1 Å². The van der Waals surface area contributed by atoms with Crippen LogP contribution in [0.1, 0.15) is 11.3 Å². The second-order valence-electron chi connectivity index (χ2n) is 5.43. The molecule has 9 nitrogen and oxygen atoms in total. The average Bonchev–Trinajstić information content (AvgIpc) is 2.90. The Labute approximate surface area is 155 Å². The number of carbonyl (C=O) groups is 1. The third-order valence-corrected chi connectivity index (χ3v) is 4.21. The van der Waals surface area contributed by atoms with Crippen LogP contribution in [-0.4, -0.2) is 41.4 Å². The van der Waals surface area contributed by atoms with E-state index in [-0.39, 0.29) is 17.5 Å². The summed E-state index contributed by atoms with van der Waals surface area (Å²) in [6.45, 7) is 1.81. The maximum Gasteiger partial charge on any atom is 0.408 e. The Morgan fingerprint density at radius 1 is 1.35 bits per heavy atom. The van der Waals surface area contributed by atoms with Crippen LogP contribution in [0.5, 0.6) is 11.5 Å². The summed E-state index contributed by atoms with van der Waals surface area (Å²) in [6, 6.07) is 5.52. The molecule has 0 saturated carbocycles. The van der Waals surface area contributed by atoms with Gasteiger partial charge in [0.15, 0.2) is 16.5 Å². The Kier molecular flexibility index (Phi) is 6.40. The van der Waals surface area contributed by atoms with E-state index in [1.165, 1.54) is 4.68 Å². The lowest BCUT2D eigenvalue weighted by Crippen LogP contribution is -2.30. The molecule has 10 heteroatoms. The first-order valence-corrected chi connectivity index (χ1v) is 8.10. The van der Waals surface area contributed by atoms with E-state index in [1.807, 2.05) is 12.1 Å². The van der Waals surface area contributed by atoms with E-state index < -0.39 is 10.7 Å². The number of carbonyl (C=O) groups excluding carboxylic acids is 1. The lowest BCUT2D eigenvalue weighted by molar-refractivity contribution is -0.389. The Morgan fingerprint density at radius 3 is 2.62 bits per heavy atom. The van der Waals surface area contributed by atoms with Gasteiger partial charge in [0, 0.05) is 6.54 Å². The minimum Gasteiger partial charge on any atom is -0.493 e. The average molecular weight is 383 g/mol. The highest BCUT2D eigenvalue weighted by Crippen LogP contribution is 2.28. The smallest absolute Gasteiger partial charge is 0.408 e. The van der Waals surface area contributed by atoms with E-state index in [1.54, 1.807) is 27.2 Å². The molecule has 0 spiro atoms. The molecule has 0 aliphatic rings. The van der Waals surface area contributed by atoms with Crippen LogP contribution in [-0.2, 0) is 17.8 Å². The third-order valence-electron chi connectivity index (χ3n) is 3.77. The molecule has 1 aromatic heterocycles. The molecule has 0 radical (unpaired) electrons. The van der Waals surface area contributed by atoms with Gasteiger partial charge in [-0.2, -0.15) is 4.68 Å². The normalized spacial score (nSPS) is 10.5. The molecule has 2 aromatic rings. The Balaban J connectivity index is 1.92. The molecule has 0 unspecified atom stereocenters. The van der Waals surface area contributed by atoms with E-state index in [0.29, 0.717) is 30.2 Å². The number of ether oxygens (including phenoxy) is 2. The molecular formula is C16H19ClN4O5. The van der Waals surface area contributed by atoms with Gasteiger partial charge in [-0.05, 0) is 36.0 Å². The van der Waals surface area contributed by atoms with Gasteiger partial charge in [-0.25, -0.2) is 0 Å². The van der Waals surface area contributed by atoms with Crippen LogP contribution in [0.2, 0.25) is 5.02 Å². The monoisotopic (exact) mass is 382 g/mol. The van der Waals surface area contributed by atoms with Crippen molar-refractivity contribution >= 4 is 23.3 Å². The number of nitrogens with one attached hydrogen (secondary N) is 1. The predicted molar refractivity (Wildman–Crippen MR) is 94.9 cm³/mol. The van der Waals surface area contributed by atoms with Gasteiger partial charge < -0.3 is 24.9 Å². The topological polar surface area (TPSA) is 109 Å². The Morgan fingerprint density at radius 2 is 2.04 bits per heavy atom. The number of halogens is 1. The van der Waals surface area contributed by atoms with Gasteiger partial charge in [0.25, 0.3) is 0 Å². The van der Waals surface area contributed by atoms with Crippen LogP contribution < -0.4 is 14.8 Å². The standard InChI is InChI=1S/C16H19ClN4O5/c1-10-15(17)16(21(23)24)19-20(10)9-14(22)18-7-6-11-4-5-12(25-2)13(8-11)26-3/h4-5,8H,6-7,9H2,1-3H3,(H,18,22). The number of hydrogen-bond donors (Lipinski definition) is 1. The van der Waals surface area contributed by atoms with Gasteiger partial charge in [-0.1, -0.05) is 17.7 Å². The van der Waals surface area contributed by atoms with Crippen LogP contribution in [0, 0.1) is 17.0 Å². The van der Waals surface area contributed by atoms with Gasteiger partial charge in [0.1, 0.15) is 6.54 Å². The highest BCUT2D eigenvalue weighted by atomic mass is 35.5. The first-order valence-electron chi connectivity index (χ1n) is 7.72. The van der Waals surface area contributed by atoms with E-state index >= 15 is 0 Å². The van der Waals surface area contributed by atoms with Gasteiger partial charge in [-0.15, -0.1) is 0 Å². The summed E-state index contributed by atoms with van der Waals surface area (Å²) in [6.07, 6.45) is 0.588. The molecule has 2 rings (SSSR count). The van der Waals surface area contributed by atoms with Crippen LogP contribution in [0.3, 0.4) is 0 Å². The first-order chi connectivity index (χ1) is 12.4. The van der Waals surface area contributed by atoms with E-state index in [0.717, 1.165) is 5.56 Å². The lowest BCUT2D eigenvalue weighted by atomic mass is 10.1. The summed E-state index contributed by atoms with van der Waals surface area (Å²) >= 11 is 5.85. The van der Waals surface area contributed by atoms with Crippen LogP contribution in [0.15, 0.2) is 18.2 Å². The Hall–Kier alpha value is -2.81. The maximum absolute atomic E-state index is 12.0. The second-order valence-corrected chi connectivity index (χ2v) is 5.81. The van der Waals surface area contributed by atoms with Crippen molar-refractivity contribution in [3.63, 3.8) is 0 Å². The fourth-order valence-corrected chi connectivity index (χ4v) is 2.56. The molecule has 140 valence electrons. The molecule has 0 atom stereocenters. The zero-order chi connectivity index (χ0) is 19.3. The molecule has 0 bridgehead atoms. The maximum atomic E-state index is 12.0. The summed E-state index contributed by atoms with van der Waals surface area (Å²) in [7, 11) is 3.12. The lowest BCUT2D eigenvalue weighted by Gasteiger charge is -2.10. The summed E-state index contributed by atoms with van der Waals surface area (Å²) < 4.78 is 11.6. The minimum atomic E-state index is -0.680. The molecule has 0 saturated heterocycles. The number of amides is 1. The van der Waals surface area contributed by atoms with Gasteiger partial charge in [-0.3, -0.25) is 4.79 Å². The molecule has 0 aliphatic heterocycles.